The standard InChI is InChI=1S/C16H20N2O4S/c1-20-14-4-2-12(3-5-14)8-18-9-13(10-19)17-16(18)23-11-15-21-6-7-22-15/h2-5,9,15,19H,6-8,10-11H2,1H3. The SMILES string of the molecule is COc1ccc(Cn2cc(CO)nc2SCC2OCCO2)cc1. The monoisotopic (exact) mass is 336 g/mol. The molecule has 2 aromatic rings. The van der Waals surface area contributed by atoms with Crippen LogP contribution in [-0.2, 0) is 22.6 Å². The van der Waals surface area contributed by atoms with Gasteiger partial charge in [-0.05, 0) is 17.7 Å². The van der Waals surface area contributed by atoms with Crippen molar-refractivity contribution in [1.29, 1.82) is 0 Å². The number of ether oxygens (including phenoxy) is 3. The molecule has 0 bridgehead atoms. The zero-order valence-corrected chi connectivity index (χ0v) is 13.8. The van der Waals surface area contributed by atoms with Gasteiger partial charge in [0.2, 0.25) is 0 Å². The molecule has 0 saturated carbocycles. The second-order valence-corrected chi connectivity index (χ2v) is 6.12. The lowest BCUT2D eigenvalue weighted by atomic mass is 10.2. The molecule has 1 saturated heterocycles. The van der Waals surface area contributed by atoms with Gasteiger partial charge >= 0.3 is 0 Å². The highest BCUT2D eigenvalue weighted by Gasteiger charge is 2.18. The number of methoxy groups -OCH3 is 1. The molecule has 1 aliphatic heterocycles. The minimum Gasteiger partial charge on any atom is -0.497 e. The Hall–Kier alpha value is -1.54. The van der Waals surface area contributed by atoms with Crippen LogP contribution < -0.4 is 4.74 Å². The minimum atomic E-state index is -0.177. The summed E-state index contributed by atoms with van der Waals surface area (Å²) in [7, 11) is 1.65. The molecule has 124 valence electrons. The lowest BCUT2D eigenvalue weighted by Crippen LogP contribution is -2.11. The van der Waals surface area contributed by atoms with E-state index in [4.69, 9.17) is 14.2 Å². The third-order valence-electron chi connectivity index (χ3n) is 3.50. The maximum Gasteiger partial charge on any atom is 0.168 e. The van der Waals surface area contributed by atoms with Crippen LogP contribution in [0.1, 0.15) is 11.3 Å². The van der Waals surface area contributed by atoms with Crippen LogP contribution in [0.25, 0.3) is 0 Å². The Morgan fingerprint density at radius 2 is 2.04 bits per heavy atom. The highest BCUT2D eigenvalue weighted by atomic mass is 32.2. The van der Waals surface area contributed by atoms with Gasteiger partial charge in [-0.1, -0.05) is 23.9 Å². The number of rotatable bonds is 7. The summed E-state index contributed by atoms with van der Waals surface area (Å²) in [5.41, 5.74) is 1.80. The number of hydrogen-bond donors (Lipinski definition) is 1. The largest absolute Gasteiger partial charge is 0.497 e. The summed E-state index contributed by atoms with van der Waals surface area (Å²) < 4.78 is 18.1. The summed E-state index contributed by atoms with van der Waals surface area (Å²) in [6.07, 6.45) is 1.70. The number of thioether (sulfide) groups is 1. The maximum absolute atomic E-state index is 9.34. The van der Waals surface area contributed by atoms with Gasteiger partial charge in [-0.2, -0.15) is 0 Å². The van der Waals surface area contributed by atoms with Crippen LogP contribution in [-0.4, -0.2) is 47.0 Å². The first-order chi connectivity index (χ1) is 11.3. The Labute approximate surface area is 139 Å². The summed E-state index contributed by atoms with van der Waals surface area (Å²) >= 11 is 1.57. The number of nitrogens with zero attached hydrogens (tertiary/aromatic N) is 2. The van der Waals surface area contributed by atoms with E-state index in [2.05, 4.69) is 4.98 Å². The van der Waals surface area contributed by atoms with Gasteiger partial charge in [-0.3, -0.25) is 0 Å². The van der Waals surface area contributed by atoms with E-state index in [1.165, 1.54) is 0 Å². The molecule has 0 radical (unpaired) electrons. The highest BCUT2D eigenvalue weighted by molar-refractivity contribution is 7.99. The number of hydrogen-bond acceptors (Lipinski definition) is 6. The maximum atomic E-state index is 9.34. The smallest absolute Gasteiger partial charge is 0.168 e. The van der Waals surface area contributed by atoms with Crippen LogP contribution in [0.15, 0.2) is 35.6 Å². The molecule has 3 rings (SSSR count). The Morgan fingerprint density at radius 3 is 2.70 bits per heavy atom. The van der Waals surface area contributed by atoms with Crippen LogP contribution in [0.3, 0.4) is 0 Å². The number of aromatic nitrogens is 2. The normalized spacial score (nSPS) is 15.2. The van der Waals surface area contributed by atoms with E-state index in [9.17, 15) is 5.11 Å². The van der Waals surface area contributed by atoms with Gasteiger partial charge in [-0.15, -0.1) is 0 Å². The minimum absolute atomic E-state index is 0.0698. The second kappa shape index (κ2) is 7.83. The molecule has 23 heavy (non-hydrogen) atoms. The summed E-state index contributed by atoms with van der Waals surface area (Å²) in [6, 6.07) is 7.92. The summed E-state index contributed by atoms with van der Waals surface area (Å²) in [5.74, 6) is 1.52. The first kappa shape index (κ1) is 16.3. The highest BCUT2D eigenvalue weighted by Crippen LogP contribution is 2.23. The van der Waals surface area contributed by atoms with Crippen molar-refractivity contribution < 1.29 is 19.3 Å². The predicted octanol–water partition coefficient (Wildman–Crippen LogP) is 1.90. The first-order valence-electron chi connectivity index (χ1n) is 7.44. The van der Waals surface area contributed by atoms with Gasteiger partial charge in [0.1, 0.15) is 5.75 Å². The summed E-state index contributed by atoms with van der Waals surface area (Å²) in [6.45, 7) is 1.91. The number of aliphatic hydroxyl groups excluding tert-OH is 1. The van der Waals surface area contributed by atoms with Crippen molar-refractivity contribution in [1.82, 2.24) is 9.55 Å². The van der Waals surface area contributed by atoms with Crippen molar-refractivity contribution in [2.45, 2.75) is 24.6 Å². The third kappa shape index (κ3) is 4.26. The van der Waals surface area contributed by atoms with E-state index >= 15 is 0 Å². The van der Waals surface area contributed by atoms with Crippen LogP contribution in [0, 0.1) is 0 Å². The molecule has 0 aliphatic carbocycles. The fourth-order valence-corrected chi connectivity index (χ4v) is 3.27. The van der Waals surface area contributed by atoms with Crippen LogP contribution in [0.4, 0.5) is 0 Å². The van der Waals surface area contributed by atoms with Gasteiger partial charge < -0.3 is 23.9 Å². The molecule has 0 unspecified atom stereocenters. The molecule has 1 fully saturated rings. The first-order valence-corrected chi connectivity index (χ1v) is 8.43. The van der Waals surface area contributed by atoms with Gasteiger partial charge in [0, 0.05) is 12.7 Å². The van der Waals surface area contributed by atoms with Gasteiger partial charge in [0.05, 0.1) is 38.4 Å². The van der Waals surface area contributed by atoms with Crippen molar-refractivity contribution in [2.24, 2.45) is 0 Å². The molecule has 0 atom stereocenters. The Morgan fingerprint density at radius 1 is 1.30 bits per heavy atom. The van der Waals surface area contributed by atoms with Crippen LogP contribution >= 0.6 is 11.8 Å². The average Bonchev–Trinajstić information content (AvgIpc) is 3.23. The zero-order valence-electron chi connectivity index (χ0n) is 13.0. The van der Waals surface area contributed by atoms with Crippen molar-refractivity contribution >= 4 is 11.8 Å². The molecule has 0 spiro atoms. The van der Waals surface area contributed by atoms with Gasteiger partial charge in [0.25, 0.3) is 0 Å². The Bertz CT molecular complexity index is 624. The fraction of sp³-hybridized carbons (Fsp3) is 0.438. The number of aliphatic hydroxyl groups is 1. The molecule has 1 N–H and O–H groups in total. The fourth-order valence-electron chi connectivity index (χ4n) is 2.33. The van der Waals surface area contributed by atoms with E-state index in [0.29, 0.717) is 31.2 Å². The molecule has 1 aromatic heterocycles. The van der Waals surface area contributed by atoms with Crippen molar-refractivity contribution in [3.05, 3.63) is 41.7 Å². The van der Waals surface area contributed by atoms with Crippen molar-refractivity contribution in [2.75, 3.05) is 26.1 Å². The lowest BCUT2D eigenvalue weighted by Gasteiger charge is -2.10. The predicted molar refractivity (Wildman–Crippen MR) is 86.7 cm³/mol. The molecule has 7 heteroatoms. The van der Waals surface area contributed by atoms with Gasteiger partial charge in [0.15, 0.2) is 11.4 Å². The number of benzene rings is 1. The second-order valence-electron chi connectivity index (χ2n) is 5.13. The molecular formula is C16H20N2O4S. The Kier molecular flexibility index (Phi) is 5.56. The van der Waals surface area contributed by atoms with E-state index in [0.717, 1.165) is 16.5 Å². The summed E-state index contributed by atoms with van der Waals surface area (Å²) in [5, 5.41) is 10.2. The molecule has 0 amide bonds. The van der Waals surface area contributed by atoms with E-state index < -0.39 is 0 Å². The van der Waals surface area contributed by atoms with E-state index in [1.807, 2.05) is 35.0 Å². The lowest BCUT2D eigenvalue weighted by molar-refractivity contribution is -0.0215. The molecular weight excluding hydrogens is 316 g/mol. The third-order valence-corrected chi connectivity index (χ3v) is 4.53. The molecule has 1 aromatic carbocycles. The summed E-state index contributed by atoms with van der Waals surface area (Å²) in [4.78, 5) is 4.46. The van der Waals surface area contributed by atoms with E-state index in [1.54, 1.807) is 18.9 Å². The molecule has 6 nitrogen and oxygen atoms in total. The van der Waals surface area contributed by atoms with E-state index in [-0.39, 0.29) is 12.9 Å². The Balaban J connectivity index is 1.69. The zero-order chi connectivity index (χ0) is 16.1. The van der Waals surface area contributed by atoms with Crippen LogP contribution in [0.5, 0.6) is 5.75 Å². The topological polar surface area (TPSA) is 65.7 Å². The quantitative estimate of drug-likeness (QED) is 0.779. The van der Waals surface area contributed by atoms with Gasteiger partial charge in [-0.25, -0.2) is 4.98 Å². The van der Waals surface area contributed by atoms with Crippen molar-refractivity contribution in [3.8, 4) is 5.75 Å². The number of imidazole rings is 1. The molecule has 1 aliphatic rings. The van der Waals surface area contributed by atoms with Crippen LogP contribution in [0.2, 0.25) is 0 Å². The molecule has 2 heterocycles. The average molecular weight is 336 g/mol. The van der Waals surface area contributed by atoms with Crippen molar-refractivity contribution in [3.63, 3.8) is 0 Å².